The Morgan fingerprint density at radius 1 is 1.50 bits per heavy atom. The van der Waals surface area contributed by atoms with E-state index in [2.05, 4.69) is 0 Å². The first kappa shape index (κ1) is 9.93. The zero-order valence-electron chi connectivity index (χ0n) is 8.41. The largest absolute Gasteiger partial charge is 0.394 e. The third kappa shape index (κ3) is 1.42. The van der Waals surface area contributed by atoms with Gasteiger partial charge in [0.05, 0.1) is 12.1 Å². The Morgan fingerprint density at radius 2 is 2.14 bits per heavy atom. The number of carbonyl (C=O) groups excluding carboxylic acids is 1. The van der Waals surface area contributed by atoms with Crippen LogP contribution in [0.2, 0.25) is 0 Å². The Kier molecular flexibility index (Phi) is 2.49. The molecule has 1 amide bonds. The molecular weight excluding hydrogens is 180 g/mol. The van der Waals surface area contributed by atoms with Crippen molar-refractivity contribution in [3.8, 4) is 0 Å². The SMILES string of the molecule is NC1CC(=O)N(C2(CO)CCCC2)C1. The van der Waals surface area contributed by atoms with Crippen LogP contribution in [0.25, 0.3) is 0 Å². The van der Waals surface area contributed by atoms with Crippen LogP contribution >= 0.6 is 0 Å². The lowest BCUT2D eigenvalue weighted by atomic mass is 9.97. The van der Waals surface area contributed by atoms with Gasteiger partial charge in [0.2, 0.25) is 5.91 Å². The first-order valence-corrected chi connectivity index (χ1v) is 5.35. The molecule has 2 aliphatic rings. The topological polar surface area (TPSA) is 66.6 Å². The smallest absolute Gasteiger partial charge is 0.224 e. The van der Waals surface area contributed by atoms with Crippen molar-refractivity contribution in [3.05, 3.63) is 0 Å². The highest BCUT2D eigenvalue weighted by atomic mass is 16.3. The Hall–Kier alpha value is -0.610. The molecule has 3 N–H and O–H groups in total. The first-order valence-electron chi connectivity index (χ1n) is 5.35. The van der Waals surface area contributed by atoms with E-state index < -0.39 is 0 Å². The number of hydrogen-bond acceptors (Lipinski definition) is 3. The fourth-order valence-electron chi connectivity index (χ4n) is 2.74. The normalized spacial score (nSPS) is 31.4. The Balaban J connectivity index is 2.15. The number of likely N-dealkylation sites (tertiary alicyclic amines) is 1. The second-order valence-corrected chi connectivity index (χ2v) is 4.56. The van der Waals surface area contributed by atoms with E-state index in [1.807, 2.05) is 4.90 Å². The predicted octanol–water partition coefficient (Wildman–Crippen LogP) is -0.149. The second-order valence-electron chi connectivity index (χ2n) is 4.56. The summed E-state index contributed by atoms with van der Waals surface area (Å²) in [4.78, 5) is 13.5. The summed E-state index contributed by atoms with van der Waals surface area (Å²) in [5, 5.41) is 9.45. The van der Waals surface area contributed by atoms with Gasteiger partial charge in [0.25, 0.3) is 0 Å². The second kappa shape index (κ2) is 3.51. The van der Waals surface area contributed by atoms with Crippen molar-refractivity contribution >= 4 is 5.91 Å². The van der Waals surface area contributed by atoms with E-state index in [4.69, 9.17) is 5.73 Å². The van der Waals surface area contributed by atoms with E-state index in [1.165, 1.54) is 0 Å². The molecule has 0 spiro atoms. The number of aliphatic hydroxyl groups is 1. The summed E-state index contributed by atoms with van der Waals surface area (Å²) >= 11 is 0. The van der Waals surface area contributed by atoms with Gasteiger partial charge >= 0.3 is 0 Å². The molecular formula is C10H18N2O2. The van der Waals surface area contributed by atoms with Crippen LogP contribution in [0.15, 0.2) is 0 Å². The molecule has 1 aliphatic carbocycles. The molecule has 0 bridgehead atoms. The monoisotopic (exact) mass is 198 g/mol. The number of hydrogen-bond donors (Lipinski definition) is 2. The highest BCUT2D eigenvalue weighted by Gasteiger charge is 2.44. The molecule has 1 heterocycles. The maximum absolute atomic E-state index is 11.7. The predicted molar refractivity (Wildman–Crippen MR) is 52.6 cm³/mol. The highest BCUT2D eigenvalue weighted by molar-refractivity contribution is 5.80. The molecule has 4 nitrogen and oxygen atoms in total. The number of carbonyl (C=O) groups is 1. The number of nitrogens with two attached hydrogens (primary N) is 1. The average Bonchev–Trinajstić information content (AvgIpc) is 2.73. The fourth-order valence-corrected chi connectivity index (χ4v) is 2.74. The van der Waals surface area contributed by atoms with Crippen molar-refractivity contribution in [2.75, 3.05) is 13.2 Å². The van der Waals surface area contributed by atoms with Crippen LogP contribution in [0.5, 0.6) is 0 Å². The molecule has 1 unspecified atom stereocenters. The number of amides is 1. The van der Waals surface area contributed by atoms with Gasteiger partial charge < -0.3 is 15.7 Å². The van der Waals surface area contributed by atoms with Gasteiger partial charge in [0, 0.05) is 19.0 Å². The maximum Gasteiger partial charge on any atom is 0.224 e. The molecule has 0 aromatic rings. The van der Waals surface area contributed by atoms with E-state index in [9.17, 15) is 9.90 Å². The van der Waals surface area contributed by atoms with E-state index in [0.29, 0.717) is 13.0 Å². The van der Waals surface area contributed by atoms with Gasteiger partial charge in [-0.05, 0) is 12.8 Å². The van der Waals surface area contributed by atoms with Crippen LogP contribution in [-0.2, 0) is 4.79 Å². The molecule has 2 rings (SSSR count). The lowest BCUT2D eigenvalue weighted by Crippen LogP contribution is -2.51. The van der Waals surface area contributed by atoms with Crippen LogP contribution in [0.1, 0.15) is 32.1 Å². The van der Waals surface area contributed by atoms with Gasteiger partial charge in [-0.3, -0.25) is 4.79 Å². The fraction of sp³-hybridized carbons (Fsp3) is 0.900. The molecule has 14 heavy (non-hydrogen) atoms. The Morgan fingerprint density at radius 3 is 2.57 bits per heavy atom. The van der Waals surface area contributed by atoms with Crippen LogP contribution in [0, 0.1) is 0 Å². The summed E-state index contributed by atoms with van der Waals surface area (Å²) in [6, 6.07) is -0.0356. The Labute approximate surface area is 84.1 Å². The molecule has 1 atom stereocenters. The van der Waals surface area contributed by atoms with Crippen molar-refractivity contribution in [1.82, 2.24) is 4.90 Å². The molecule has 0 radical (unpaired) electrons. The molecule has 1 saturated carbocycles. The third-order valence-electron chi connectivity index (χ3n) is 3.56. The van der Waals surface area contributed by atoms with Gasteiger partial charge in [0.1, 0.15) is 0 Å². The zero-order valence-corrected chi connectivity index (χ0v) is 8.41. The molecule has 0 aromatic carbocycles. The molecule has 4 heteroatoms. The third-order valence-corrected chi connectivity index (χ3v) is 3.56. The van der Waals surface area contributed by atoms with Crippen LogP contribution in [-0.4, -0.2) is 40.6 Å². The summed E-state index contributed by atoms with van der Waals surface area (Å²) < 4.78 is 0. The van der Waals surface area contributed by atoms with E-state index >= 15 is 0 Å². The number of rotatable bonds is 2. The lowest BCUT2D eigenvalue weighted by Gasteiger charge is -2.37. The minimum Gasteiger partial charge on any atom is -0.394 e. The van der Waals surface area contributed by atoms with Gasteiger partial charge in [-0.15, -0.1) is 0 Å². The summed E-state index contributed by atoms with van der Waals surface area (Å²) in [7, 11) is 0. The summed E-state index contributed by atoms with van der Waals surface area (Å²) in [6.07, 6.45) is 4.53. The number of aliphatic hydroxyl groups excluding tert-OH is 1. The van der Waals surface area contributed by atoms with Crippen LogP contribution in [0.4, 0.5) is 0 Å². The zero-order chi connectivity index (χ0) is 10.2. The van der Waals surface area contributed by atoms with Crippen molar-refractivity contribution in [2.24, 2.45) is 5.73 Å². The average molecular weight is 198 g/mol. The summed E-state index contributed by atoms with van der Waals surface area (Å²) in [6.45, 7) is 0.713. The summed E-state index contributed by atoms with van der Waals surface area (Å²) in [5.74, 6) is 0.119. The van der Waals surface area contributed by atoms with E-state index in [0.717, 1.165) is 25.7 Å². The molecule has 2 fully saturated rings. The van der Waals surface area contributed by atoms with Crippen molar-refractivity contribution in [2.45, 2.75) is 43.7 Å². The van der Waals surface area contributed by atoms with Crippen molar-refractivity contribution in [3.63, 3.8) is 0 Å². The molecule has 1 saturated heterocycles. The van der Waals surface area contributed by atoms with Crippen molar-refractivity contribution in [1.29, 1.82) is 0 Å². The van der Waals surface area contributed by atoms with Gasteiger partial charge in [0.15, 0.2) is 0 Å². The standard InChI is InChI=1S/C10H18N2O2/c11-8-5-9(14)12(6-8)10(7-13)3-1-2-4-10/h8,13H,1-7,11H2. The lowest BCUT2D eigenvalue weighted by molar-refractivity contribution is -0.134. The summed E-state index contributed by atoms with van der Waals surface area (Å²) in [5.41, 5.74) is 5.48. The van der Waals surface area contributed by atoms with E-state index in [-0.39, 0.29) is 24.1 Å². The molecule has 80 valence electrons. The van der Waals surface area contributed by atoms with E-state index in [1.54, 1.807) is 0 Å². The first-order chi connectivity index (χ1) is 6.68. The Bertz CT molecular complexity index is 236. The minimum absolute atomic E-state index is 0.0356. The van der Waals surface area contributed by atoms with Crippen LogP contribution < -0.4 is 5.73 Å². The molecule has 1 aliphatic heterocycles. The quantitative estimate of drug-likeness (QED) is 0.648. The van der Waals surface area contributed by atoms with Crippen LogP contribution in [0.3, 0.4) is 0 Å². The van der Waals surface area contributed by atoms with Gasteiger partial charge in [-0.2, -0.15) is 0 Å². The maximum atomic E-state index is 11.7. The molecule has 0 aromatic heterocycles. The number of nitrogens with zero attached hydrogens (tertiary/aromatic N) is 1. The van der Waals surface area contributed by atoms with Gasteiger partial charge in [-0.25, -0.2) is 0 Å². The minimum atomic E-state index is -0.273. The van der Waals surface area contributed by atoms with Crippen molar-refractivity contribution < 1.29 is 9.90 Å². The highest BCUT2D eigenvalue weighted by Crippen LogP contribution is 2.37. The van der Waals surface area contributed by atoms with Gasteiger partial charge in [-0.1, -0.05) is 12.8 Å².